The highest BCUT2D eigenvalue weighted by molar-refractivity contribution is 5.79. The van der Waals surface area contributed by atoms with E-state index in [1.807, 2.05) is 0 Å². The fraction of sp³-hybridized carbons (Fsp3) is 0.526. The van der Waals surface area contributed by atoms with Gasteiger partial charge in [0.15, 0.2) is 5.96 Å². The topological polar surface area (TPSA) is 67.1 Å². The van der Waals surface area contributed by atoms with Crippen molar-refractivity contribution < 1.29 is 0 Å². The van der Waals surface area contributed by atoms with Crippen LogP contribution in [0.5, 0.6) is 0 Å². The van der Waals surface area contributed by atoms with Crippen LogP contribution in [0.4, 0.5) is 0 Å². The minimum Gasteiger partial charge on any atom is -0.357 e. The predicted octanol–water partition coefficient (Wildman–Crippen LogP) is 2.26. The average Bonchev–Trinajstić information content (AvgIpc) is 3.04. The smallest absolute Gasteiger partial charge is 0.191 e. The molecule has 1 aromatic heterocycles. The summed E-state index contributed by atoms with van der Waals surface area (Å²) in [4.78, 5) is 4.69. The number of hydrogen-bond donors (Lipinski definition) is 2. The minimum absolute atomic E-state index is 0.770. The van der Waals surface area contributed by atoms with E-state index in [4.69, 9.17) is 0 Å². The Balaban J connectivity index is 1.85. The molecule has 0 aliphatic carbocycles. The first kappa shape index (κ1) is 19.0. The molecule has 0 unspecified atom stereocenters. The normalized spacial score (nSPS) is 11.6. The monoisotopic (exact) mass is 342 g/mol. The Kier molecular flexibility index (Phi) is 7.44. The number of aryl methyl sites for hydroxylation is 3. The predicted molar refractivity (Wildman–Crippen MR) is 103 cm³/mol. The molecule has 0 aliphatic heterocycles. The molecule has 0 saturated heterocycles. The summed E-state index contributed by atoms with van der Waals surface area (Å²) in [6.45, 7) is 11.7. The maximum absolute atomic E-state index is 4.69. The fourth-order valence-corrected chi connectivity index (χ4v) is 2.79. The van der Waals surface area contributed by atoms with Gasteiger partial charge in [-0.05, 0) is 38.3 Å². The van der Waals surface area contributed by atoms with E-state index in [1.54, 1.807) is 6.33 Å². The van der Waals surface area contributed by atoms with Gasteiger partial charge >= 0.3 is 0 Å². The molecule has 0 bridgehead atoms. The number of aromatic nitrogens is 3. The SMILES string of the molecule is CCNC(=NCCc1ccc(C)cc1C)NCCn1cnnc1CC. The molecule has 25 heavy (non-hydrogen) atoms. The lowest BCUT2D eigenvalue weighted by Crippen LogP contribution is -2.39. The van der Waals surface area contributed by atoms with Crippen LogP contribution in [0.2, 0.25) is 0 Å². The van der Waals surface area contributed by atoms with Gasteiger partial charge in [-0.25, -0.2) is 0 Å². The van der Waals surface area contributed by atoms with Crippen molar-refractivity contribution in [2.75, 3.05) is 19.6 Å². The number of aliphatic imine (C=N–C) groups is 1. The van der Waals surface area contributed by atoms with Crippen LogP contribution in [-0.4, -0.2) is 40.4 Å². The van der Waals surface area contributed by atoms with E-state index in [2.05, 4.69) is 76.3 Å². The lowest BCUT2D eigenvalue weighted by molar-refractivity contribution is 0.632. The van der Waals surface area contributed by atoms with Crippen molar-refractivity contribution in [3.8, 4) is 0 Å². The Hall–Kier alpha value is -2.37. The van der Waals surface area contributed by atoms with Gasteiger partial charge in [-0.2, -0.15) is 0 Å². The molecular weight excluding hydrogens is 312 g/mol. The highest BCUT2D eigenvalue weighted by Crippen LogP contribution is 2.11. The molecule has 6 nitrogen and oxygen atoms in total. The van der Waals surface area contributed by atoms with Crippen LogP contribution in [0.25, 0.3) is 0 Å². The Morgan fingerprint density at radius 3 is 2.76 bits per heavy atom. The van der Waals surface area contributed by atoms with Crippen molar-refractivity contribution in [3.05, 3.63) is 47.0 Å². The molecule has 2 rings (SSSR count). The summed E-state index contributed by atoms with van der Waals surface area (Å²) < 4.78 is 2.08. The van der Waals surface area contributed by atoms with E-state index >= 15 is 0 Å². The number of guanidine groups is 1. The molecule has 6 heteroatoms. The van der Waals surface area contributed by atoms with E-state index in [9.17, 15) is 0 Å². The lowest BCUT2D eigenvalue weighted by atomic mass is 10.0. The molecule has 2 N–H and O–H groups in total. The van der Waals surface area contributed by atoms with Crippen molar-refractivity contribution in [1.82, 2.24) is 25.4 Å². The molecule has 1 aromatic carbocycles. The molecule has 0 amide bonds. The Labute approximate surface area is 150 Å². The third-order valence-corrected chi connectivity index (χ3v) is 4.15. The molecule has 0 aliphatic rings. The zero-order valence-corrected chi connectivity index (χ0v) is 15.8. The standard InChI is InChI=1S/C19H30N6/c1-5-18-24-23-14-25(18)12-11-22-19(20-6-2)21-10-9-17-8-7-15(3)13-16(17)4/h7-8,13-14H,5-6,9-12H2,1-4H3,(H2,20,21,22). The first-order chi connectivity index (χ1) is 12.1. The van der Waals surface area contributed by atoms with Gasteiger partial charge in [0.25, 0.3) is 0 Å². The van der Waals surface area contributed by atoms with Crippen molar-refractivity contribution in [2.45, 2.75) is 47.1 Å². The Morgan fingerprint density at radius 2 is 2.04 bits per heavy atom. The number of benzene rings is 1. The maximum atomic E-state index is 4.69. The molecular formula is C19H30N6. The molecule has 0 atom stereocenters. The third kappa shape index (κ3) is 5.89. The lowest BCUT2D eigenvalue weighted by Gasteiger charge is -2.12. The summed E-state index contributed by atoms with van der Waals surface area (Å²) in [5.41, 5.74) is 4.01. The van der Waals surface area contributed by atoms with Gasteiger partial charge in [-0.3, -0.25) is 4.99 Å². The van der Waals surface area contributed by atoms with Gasteiger partial charge in [0.2, 0.25) is 0 Å². The first-order valence-electron chi connectivity index (χ1n) is 9.09. The highest BCUT2D eigenvalue weighted by Gasteiger charge is 2.03. The van der Waals surface area contributed by atoms with E-state index in [0.29, 0.717) is 0 Å². The van der Waals surface area contributed by atoms with Crippen LogP contribution in [-0.2, 0) is 19.4 Å². The minimum atomic E-state index is 0.770. The number of nitrogens with zero attached hydrogens (tertiary/aromatic N) is 4. The van der Waals surface area contributed by atoms with Crippen molar-refractivity contribution in [2.24, 2.45) is 4.99 Å². The summed E-state index contributed by atoms with van der Waals surface area (Å²) in [5.74, 6) is 1.87. The van der Waals surface area contributed by atoms with Crippen LogP contribution in [0.3, 0.4) is 0 Å². The second-order valence-corrected chi connectivity index (χ2v) is 6.16. The van der Waals surface area contributed by atoms with E-state index < -0.39 is 0 Å². The van der Waals surface area contributed by atoms with Gasteiger partial charge in [0.1, 0.15) is 12.2 Å². The zero-order valence-electron chi connectivity index (χ0n) is 15.8. The average molecular weight is 342 g/mol. The summed E-state index contributed by atoms with van der Waals surface area (Å²) in [6.07, 6.45) is 3.63. The van der Waals surface area contributed by atoms with Crippen LogP contribution >= 0.6 is 0 Å². The van der Waals surface area contributed by atoms with Gasteiger partial charge in [0.05, 0.1) is 0 Å². The maximum Gasteiger partial charge on any atom is 0.191 e. The number of rotatable bonds is 8. The third-order valence-electron chi connectivity index (χ3n) is 4.15. The summed E-state index contributed by atoms with van der Waals surface area (Å²) in [5, 5.41) is 14.8. The van der Waals surface area contributed by atoms with E-state index in [-0.39, 0.29) is 0 Å². The fourth-order valence-electron chi connectivity index (χ4n) is 2.79. The second kappa shape index (κ2) is 9.81. The molecule has 0 saturated carbocycles. The van der Waals surface area contributed by atoms with Crippen LogP contribution in [0.1, 0.15) is 36.4 Å². The van der Waals surface area contributed by atoms with Gasteiger partial charge in [0, 0.05) is 32.6 Å². The summed E-state index contributed by atoms with van der Waals surface area (Å²) in [6, 6.07) is 6.60. The van der Waals surface area contributed by atoms with Gasteiger partial charge in [-0.15, -0.1) is 10.2 Å². The number of hydrogen-bond acceptors (Lipinski definition) is 3. The second-order valence-electron chi connectivity index (χ2n) is 6.16. The summed E-state index contributed by atoms with van der Waals surface area (Å²) in [7, 11) is 0. The highest BCUT2D eigenvalue weighted by atomic mass is 15.3. The van der Waals surface area contributed by atoms with Crippen molar-refractivity contribution in [1.29, 1.82) is 0 Å². The van der Waals surface area contributed by atoms with E-state index in [1.165, 1.54) is 16.7 Å². The van der Waals surface area contributed by atoms with Crippen LogP contribution < -0.4 is 10.6 Å². The largest absolute Gasteiger partial charge is 0.357 e. The van der Waals surface area contributed by atoms with Crippen molar-refractivity contribution in [3.63, 3.8) is 0 Å². The van der Waals surface area contributed by atoms with Gasteiger partial charge in [-0.1, -0.05) is 30.7 Å². The van der Waals surface area contributed by atoms with Crippen LogP contribution in [0, 0.1) is 13.8 Å². The quantitative estimate of drug-likeness (QED) is 0.570. The van der Waals surface area contributed by atoms with E-state index in [0.717, 1.165) is 50.8 Å². The van der Waals surface area contributed by atoms with Crippen molar-refractivity contribution >= 4 is 5.96 Å². The molecule has 0 radical (unpaired) electrons. The Bertz CT molecular complexity index is 689. The molecule has 2 aromatic rings. The number of nitrogens with one attached hydrogen (secondary N) is 2. The molecule has 136 valence electrons. The Morgan fingerprint density at radius 1 is 1.20 bits per heavy atom. The zero-order chi connectivity index (χ0) is 18.1. The van der Waals surface area contributed by atoms with Gasteiger partial charge < -0.3 is 15.2 Å². The summed E-state index contributed by atoms with van der Waals surface area (Å²) >= 11 is 0. The van der Waals surface area contributed by atoms with Crippen LogP contribution in [0.15, 0.2) is 29.5 Å². The molecule has 1 heterocycles. The molecule has 0 spiro atoms. The first-order valence-corrected chi connectivity index (χ1v) is 9.09. The molecule has 0 fully saturated rings.